The quantitative estimate of drug-likeness (QED) is 0.524. The van der Waals surface area contributed by atoms with Crippen LogP contribution in [0.25, 0.3) is 0 Å². The minimum atomic E-state index is -0.450. The number of alkyl halides is 2. The van der Waals surface area contributed by atoms with Crippen LogP contribution in [-0.2, 0) is 0 Å². The third-order valence-electron chi connectivity index (χ3n) is 1.97. The molecule has 1 rings (SSSR count). The van der Waals surface area contributed by atoms with E-state index in [0.717, 1.165) is 12.8 Å². The van der Waals surface area contributed by atoms with Crippen LogP contribution < -0.4 is 0 Å². The predicted molar refractivity (Wildman–Crippen MR) is 41.8 cm³/mol. The molecular weight excluding hydrogens is 155 g/mol. The fourth-order valence-electron chi connectivity index (χ4n) is 1.36. The molecule has 0 bridgehead atoms. The Bertz CT molecular complexity index is 99.1. The highest BCUT2D eigenvalue weighted by atomic mass is 35.5. The van der Waals surface area contributed by atoms with Crippen LogP contribution in [0.3, 0.4) is 0 Å². The van der Waals surface area contributed by atoms with Crippen molar-refractivity contribution in [1.82, 2.24) is 0 Å². The van der Waals surface area contributed by atoms with Gasteiger partial charge in [0.05, 0.1) is 0 Å². The fraction of sp³-hybridized carbons (Fsp3) is 0.857. The molecule has 1 unspecified atom stereocenters. The molecule has 0 nitrogen and oxygen atoms in total. The van der Waals surface area contributed by atoms with Crippen molar-refractivity contribution < 1.29 is 0 Å². The average molecular weight is 166 g/mol. The molecule has 0 aromatic rings. The summed E-state index contributed by atoms with van der Waals surface area (Å²) in [6.07, 6.45) is 5.38. The van der Waals surface area contributed by atoms with Gasteiger partial charge in [-0.15, -0.1) is 23.2 Å². The molecular formula is C7H11Cl2. The Morgan fingerprint density at radius 2 is 2.22 bits per heavy atom. The topological polar surface area (TPSA) is 0 Å². The van der Waals surface area contributed by atoms with E-state index in [-0.39, 0.29) is 0 Å². The SMILES string of the molecule is C[CH]C1CCCC1(Cl)Cl. The van der Waals surface area contributed by atoms with E-state index in [1.807, 2.05) is 6.92 Å². The van der Waals surface area contributed by atoms with Crippen molar-refractivity contribution in [2.75, 3.05) is 0 Å². The molecule has 0 aromatic heterocycles. The van der Waals surface area contributed by atoms with Gasteiger partial charge in [-0.1, -0.05) is 13.3 Å². The van der Waals surface area contributed by atoms with Crippen molar-refractivity contribution >= 4 is 23.2 Å². The first-order valence-electron chi connectivity index (χ1n) is 3.34. The average Bonchev–Trinajstić information content (AvgIpc) is 2.08. The van der Waals surface area contributed by atoms with Gasteiger partial charge < -0.3 is 0 Å². The van der Waals surface area contributed by atoms with E-state index in [1.165, 1.54) is 6.42 Å². The molecule has 2 heteroatoms. The predicted octanol–water partition coefficient (Wildman–Crippen LogP) is 3.18. The number of halogens is 2. The highest BCUT2D eigenvalue weighted by molar-refractivity contribution is 6.48. The lowest BCUT2D eigenvalue weighted by molar-refractivity contribution is 0.603. The molecule has 0 aromatic carbocycles. The molecule has 9 heavy (non-hydrogen) atoms. The second-order valence-corrected chi connectivity index (χ2v) is 4.14. The number of rotatable bonds is 1. The Kier molecular flexibility index (Phi) is 2.28. The van der Waals surface area contributed by atoms with Crippen LogP contribution in [0, 0.1) is 12.3 Å². The maximum absolute atomic E-state index is 5.97. The van der Waals surface area contributed by atoms with Crippen LogP contribution in [0.5, 0.6) is 0 Å². The van der Waals surface area contributed by atoms with Crippen molar-refractivity contribution in [2.45, 2.75) is 30.5 Å². The van der Waals surface area contributed by atoms with Gasteiger partial charge in [-0.3, -0.25) is 0 Å². The third-order valence-corrected chi connectivity index (χ3v) is 2.91. The maximum Gasteiger partial charge on any atom is 0.121 e. The van der Waals surface area contributed by atoms with E-state index in [2.05, 4.69) is 6.42 Å². The van der Waals surface area contributed by atoms with E-state index in [0.29, 0.717) is 5.92 Å². The smallest absolute Gasteiger partial charge is 0.101 e. The lowest BCUT2D eigenvalue weighted by Gasteiger charge is -2.19. The van der Waals surface area contributed by atoms with Gasteiger partial charge in [0, 0.05) is 0 Å². The molecule has 0 N–H and O–H groups in total. The van der Waals surface area contributed by atoms with Crippen molar-refractivity contribution in [1.29, 1.82) is 0 Å². The molecule has 1 aliphatic rings. The van der Waals surface area contributed by atoms with Crippen LogP contribution in [-0.4, -0.2) is 4.33 Å². The number of hydrogen-bond acceptors (Lipinski definition) is 0. The minimum Gasteiger partial charge on any atom is -0.101 e. The maximum atomic E-state index is 5.97. The monoisotopic (exact) mass is 165 g/mol. The normalized spacial score (nSPS) is 33.0. The zero-order valence-corrected chi connectivity index (χ0v) is 7.04. The summed E-state index contributed by atoms with van der Waals surface area (Å²) in [4.78, 5) is 0. The summed E-state index contributed by atoms with van der Waals surface area (Å²) in [7, 11) is 0. The van der Waals surface area contributed by atoms with Crippen molar-refractivity contribution in [2.24, 2.45) is 5.92 Å². The zero-order valence-electron chi connectivity index (χ0n) is 5.53. The van der Waals surface area contributed by atoms with E-state index in [9.17, 15) is 0 Å². The van der Waals surface area contributed by atoms with Gasteiger partial charge in [0.1, 0.15) is 4.33 Å². The zero-order chi connectivity index (χ0) is 6.91. The molecule has 53 valence electrons. The number of hydrogen-bond donors (Lipinski definition) is 0. The molecule has 1 radical (unpaired) electrons. The second-order valence-electron chi connectivity index (χ2n) is 2.59. The summed E-state index contributed by atoms with van der Waals surface area (Å²) in [5.41, 5.74) is 0. The highest BCUT2D eigenvalue weighted by Crippen LogP contribution is 2.45. The van der Waals surface area contributed by atoms with Crippen molar-refractivity contribution in [3.05, 3.63) is 6.42 Å². The van der Waals surface area contributed by atoms with Gasteiger partial charge in [0.15, 0.2) is 0 Å². The summed E-state index contributed by atoms with van der Waals surface area (Å²) < 4.78 is -0.450. The molecule has 1 saturated carbocycles. The van der Waals surface area contributed by atoms with E-state index in [4.69, 9.17) is 23.2 Å². The molecule has 0 heterocycles. The molecule has 1 aliphatic carbocycles. The van der Waals surface area contributed by atoms with Crippen molar-refractivity contribution in [3.63, 3.8) is 0 Å². The Hall–Kier alpha value is 0.580. The van der Waals surface area contributed by atoms with Gasteiger partial charge in [-0.05, 0) is 25.2 Å². The standard InChI is InChI=1S/C7H11Cl2/c1-2-6-4-3-5-7(6,8)9/h2,6H,3-5H2,1H3. The summed E-state index contributed by atoms with van der Waals surface area (Å²) >= 11 is 11.9. The molecule has 1 atom stereocenters. The molecule has 0 saturated heterocycles. The van der Waals surface area contributed by atoms with Crippen LogP contribution >= 0.6 is 23.2 Å². The Balaban J connectivity index is 2.52. The third kappa shape index (κ3) is 1.53. The lowest BCUT2D eigenvalue weighted by Crippen LogP contribution is -2.17. The fourth-order valence-corrected chi connectivity index (χ4v) is 2.10. The summed E-state index contributed by atoms with van der Waals surface area (Å²) in [6.45, 7) is 2.02. The van der Waals surface area contributed by atoms with Crippen LogP contribution in [0.1, 0.15) is 26.2 Å². The summed E-state index contributed by atoms with van der Waals surface area (Å²) in [5, 5.41) is 0. The summed E-state index contributed by atoms with van der Waals surface area (Å²) in [5.74, 6) is 0.417. The van der Waals surface area contributed by atoms with Gasteiger partial charge >= 0.3 is 0 Å². The first-order valence-corrected chi connectivity index (χ1v) is 4.10. The van der Waals surface area contributed by atoms with Crippen LogP contribution in [0.15, 0.2) is 0 Å². The van der Waals surface area contributed by atoms with Gasteiger partial charge in [-0.2, -0.15) is 0 Å². The van der Waals surface area contributed by atoms with Crippen LogP contribution in [0.2, 0.25) is 0 Å². The van der Waals surface area contributed by atoms with Gasteiger partial charge in [-0.25, -0.2) is 0 Å². The first-order chi connectivity index (χ1) is 4.17. The van der Waals surface area contributed by atoms with Crippen molar-refractivity contribution in [3.8, 4) is 0 Å². The lowest BCUT2D eigenvalue weighted by atomic mass is 10.1. The summed E-state index contributed by atoms with van der Waals surface area (Å²) in [6, 6.07) is 0. The van der Waals surface area contributed by atoms with Gasteiger partial charge in [0.2, 0.25) is 0 Å². The molecule has 0 aliphatic heterocycles. The van der Waals surface area contributed by atoms with E-state index >= 15 is 0 Å². The first kappa shape index (κ1) is 7.68. The largest absolute Gasteiger partial charge is 0.121 e. The molecule has 1 fully saturated rings. The van der Waals surface area contributed by atoms with E-state index < -0.39 is 4.33 Å². The Labute approximate surface area is 66.5 Å². The highest BCUT2D eigenvalue weighted by Gasteiger charge is 2.37. The van der Waals surface area contributed by atoms with Gasteiger partial charge in [0.25, 0.3) is 0 Å². The minimum absolute atomic E-state index is 0.417. The Morgan fingerprint density at radius 1 is 1.56 bits per heavy atom. The van der Waals surface area contributed by atoms with Crippen LogP contribution in [0.4, 0.5) is 0 Å². The molecule has 0 spiro atoms. The molecule has 0 amide bonds. The Morgan fingerprint density at radius 3 is 2.44 bits per heavy atom. The second kappa shape index (κ2) is 2.67. The van der Waals surface area contributed by atoms with E-state index in [1.54, 1.807) is 0 Å².